The predicted molar refractivity (Wildman–Crippen MR) is 110 cm³/mol. The van der Waals surface area contributed by atoms with Gasteiger partial charge in [0.05, 0.1) is 5.56 Å². The van der Waals surface area contributed by atoms with Crippen molar-refractivity contribution < 1.29 is 4.79 Å². The molecule has 1 aromatic carbocycles. The summed E-state index contributed by atoms with van der Waals surface area (Å²) < 4.78 is 2.00. The molecule has 0 aliphatic carbocycles. The van der Waals surface area contributed by atoms with E-state index < -0.39 is 0 Å². The molecule has 5 heteroatoms. The van der Waals surface area contributed by atoms with Crippen LogP contribution in [0.1, 0.15) is 26.4 Å². The number of thiophene rings is 1. The lowest BCUT2D eigenvalue weighted by molar-refractivity contribution is 0.102. The molecular weight excluding hydrogens is 342 g/mol. The molecule has 1 N–H and O–H groups in total. The third-order valence-electron chi connectivity index (χ3n) is 4.49. The number of anilines is 1. The highest BCUT2D eigenvalue weighted by atomic mass is 32.1. The van der Waals surface area contributed by atoms with Crippen LogP contribution < -0.4 is 5.32 Å². The molecule has 0 aliphatic rings. The van der Waals surface area contributed by atoms with E-state index in [0.717, 1.165) is 39.7 Å². The Bertz CT molecular complexity index is 877. The van der Waals surface area contributed by atoms with Crippen LogP contribution >= 0.6 is 11.3 Å². The van der Waals surface area contributed by atoms with E-state index in [1.165, 1.54) is 5.56 Å². The second-order valence-corrected chi connectivity index (χ2v) is 7.96. The van der Waals surface area contributed by atoms with Crippen molar-refractivity contribution >= 4 is 22.9 Å². The number of carbonyl (C=O) groups is 1. The molecule has 0 radical (unpaired) electrons. The molecule has 26 heavy (non-hydrogen) atoms. The first-order chi connectivity index (χ1) is 12.5. The molecule has 0 atom stereocenters. The minimum Gasteiger partial charge on any atom is -0.322 e. The van der Waals surface area contributed by atoms with Crippen LogP contribution in [0, 0.1) is 13.8 Å². The Morgan fingerprint density at radius 2 is 1.77 bits per heavy atom. The topological polar surface area (TPSA) is 37.3 Å². The lowest BCUT2D eigenvalue weighted by Crippen LogP contribution is -2.15. The molecule has 3 aromatic rings. The van der Waals surface area contributed by atoms with Gasteiger partial charge in [0.15, 0.2) is 0 Å². The lowest BCUT2D eigenvalue weighted by atomic mass is 10.1. The van der Waals surface area contributed by atoms with Crippen LogP contribution in [0.5, 0.6) is 0 Å². The quantitative estimate of drug-likeness (QED) is 0.696. The SMILES string of the molecule is Cc1sc(-n2cccc2)c(C(=O)Nc2ccc(CCN(C)C)cc2)c1C. The Labute approximate surface area is 159 Å². The first kappa shape index (κ1) is 18.4. The maximum absolute atomic E-state index is 12.9. The number of nitrogens with zero attached hydrogens (tertiary/aromatic N) is 2. The summed E-state index contributed by atoms with van der Waals surface area (Å²) >= 11 is 1.65. The number of likely N-dealkylation sites (N-methyl/N-ethyl adjacent to an activating group) is 1. The molecule has 0 fully saturated rings. The van der Waals surface area contributed by atoms with Crippen LogP contribution in [0.2, 0.25) is 0 Å². The van der Waals surface area contributed by atoms with Gasteiger partial charge in [0.25, 0.3) is 5.91 Å². The molecule has 3 rings (SSSR count). The number of amides is 1. The standard InChI is InChI=1S/C21H25N3OS/c1-15-16(2)26-21(24-12-5-6-13-24)19(15)20(25)22-18-9-7-17(8-10-18)11-14-23(3)4/h5-10,12-13H,11,14H2,1-4H3,(H,22,25). The number of hydrogen-bond acceptors (Lipinski definition) is 3. The largest absolute Gasteiger partial charge is 0.322 e. The summed E-state index contributed by atoms with van der Waals surface area (Å²) in [6, 6.07) is 12.1. The molecule has 0 bridgehead atoms. The summed E-state index contributed by atoms with van der Waals surface area (Å²) in [6.07, 6.45) is 4.95. The van der Waals surface area contributed by atoms with Crippen molar-refractivity contribution in [3.05, 3.63) is 70.4 Å². The first-order valence-electron chi connectivity index (χ1n) is 8.74. The average molecular weight is 368 g/mol. The molecule has 1 amide bonds. The zero-order chi connectivity index (χ0) is 18.7. The van der Waals surface area contributed by atoms with E-state index in [9.17, 15) is 4.79 Å². The monoisotopic (exact) mass is 367 g/mol. The minimum absolute atomic E-state index is 0.0587. The third kappa shape index (κ3) is 4.06. The highest BCUT2D eigenvalue weighted by Crippen LogP contribution is 2.31. The van der Waals surface area contributed by atoms with Crippen LogP contribution in [0.15, 0.2) is 48.8 Å². The molecule has 0 aliphatic heterocycles. The van der Waals surface area contributed by atoms with E-state index in [1.54, 1.807) is 11.3 Å². The maximum Gasteiger partial charge on any atom is 0.258 e. The normalized spacial score (nSPS) is 11.1. The number of hydrogen-bond donors (Lipinski definition) is 1. The number of rotatable bonds is 6. The zero-order valence-electron chi connectivity index (χ0n) is 15.7. The Balaban J connectivity index is 1.78. The van der Waals surface area contributed by atoms with Crippen molar-refractivity contribution in [2.24, 2.45) is 0 Å². The number of nitrogens with one attached hydrogen (secondary N) is 1. The average Bonchev–Trinajstić information content (AvgIpc) is 3.23. The second kappa shape index (κ2) is 7.89. The van der Waals surface area contributed by atoms with Crippen LogP contribution in [-0.2, 0) is 6.42 Å². The molecule has 0 saturated carbocycles. The van der Waals surface area contributed by atoms with Gasteiger partial charge in [0.2, 0.25) is 0 Å². The molecule has 2 heterocycles. The van der Waals surface area contributed by atoms with E-state index in [0.29, 0.717) is 0 Å². The van der Waals surface area contributed by atoms with Gasteiger partial charge in [-0.1, -0.05) is 12.1 Å². The van der Waals surface area contributed by atoms with Crippen molar-refractivity contribution in [1.29, 1.82) is 0 Å². The van der Waals surface area contributed by atoms with Gasteiger partial charge in [-0.05, 0) is 69.8 Å². The molecule has 136 valence electrons. The van der Waals surface area contributed by atoms with Gasteiger partial charge in [-0.3, -0.25) is 4.79 Å². The Morgan fingerprint density at radius 3 is 2.38 bits per heavy atom. The molecule has 0 spiro atoms. The summed E-state index contributed by atoms with van der Waals surface area (Å²) in [4.78, 5) is 16.3. The Hall–Kier alpha value is -2.37. The number of carbonyl (C=O) groups excluding carboxylic acids is 1. The molecule has 4 nitrogen and oxygen atoms in total. The summed E-state index contributed by atoms with van der Waals surface area (Å²) in [6.45, 7) is 5.08. The molecule has 0 unspecified atom stereocenters. The highest BCUT2D eigenvalue weighted by molar-refractivity contribution is 7.15. The van der Waals surface area contributed by atoms with Gasteiger partial charge in [0, 0.05) is 29.5 Å². The smallest absolute Gasteiger partial charge is 0.258 e. The van der Waals surface area contributed by atoms with E-state index in [-0.39, 0.29) is 5.91 Å². The molecular formula is C21H25N3OS. The van der Waals surface area contributed by atoms with Crippen LogP contribution in [0.3, 0.4) is 0 Å². The van der Waals surface area contributed by atoms with Gasteiger partial charge in [-0.15, -0.1) is 11.3 Å². The van der Waals surface area contributed by atoms with E-state index in [1.807, 2.05) is 48.1 Å². The van der Waals surface area contributed by atoms with Crippen molar-refractivity contribution in [1.82, 2.24) is 9.47 Å². The fourth-order valence-electron chi connectivity index (χ4n) is 2.83. The maximum atomic E-state index is 12.9. The summed E-state index contributed by atoms with van der Waals surface area (Å²) in [7, 11) is 4.14. The predicted octanol–water partition coefficient (Wildman–Crippen LogP) is 4.51. The molecule has 2 aromatic heterocycles. The van der Waals surface area contributed by atoms with Crippen LogP contribution in [0.25, 0.3) is 5.00 Å². The van der Waals surface area contributed by atoms with Gasteiger partial charge in [-0.25, -0.2) is 0 Å². The summed E-state index contributed by atoms with van der Waals surface area (Å²) in [5, 5.41) is 4.01. The van der Waals surface area contributed by atoms with Crippen molar-refractivity contribution in [3.8, 4) is 5.00 Å². The van der Waals surface area contributed by atoms with Crippen molar-refractivity contribution in [2.75, 3.05) is 26.0 Å². The van der Waals surface area contributed by atoms with E-state index in [4.69, 9.17) is 0 Å². The van der Waals surface area contributed by atoms with Crippen LogP contribution in [0.4, 0.5) is 5.69 Å². The number of aryl methyl sites for hydroxylation is 1. The zero-order valence-corrected chi connectivity index (χ0v) is 16.6. The Morgan fingerprint density at radius 1 is 1.12 bits per heavy atom. The fraction of sp³-hybridized carbons (Fsp3) is 0.286. The second-order valence-electron chi connectivity index (χ2n) is 6.76. The van der Waals surface area contributed by atoms with E-state index in [2.05, 4.69) is 43.4 Å². The van der Waals surface area contributed by atoms with Crippen LogP contribution in [-0.4, -0.2) is 36.0 Å². The van der Waals surface area contributed by atoms with Crippen molar-refractivity contribution in [2.45, 2.75) is 20.3 Å². The summed E-state index contributed by atoms with van der Waals surface area (Å²) in [5.41, 5.74) is 3.89. The highest BCUT2D eigenvalue weighted by Gasteiger charge is 2.20. The van der Waals surface area contributed by atoms with Gasteiger partial charge in [0.1, 0.15) is 5.00 Å². The van der Waals surface area contributed by atoms with Crippen molar-refractivity contribution in [3.63, 3.8) is 0 Å². The third-order valence-corrected chi connectivity index (χ3v) is 5.71. The number of benzene rings is 1. The fourth-order valence-corrected chi connectivity index (χ4v) is 3.95. The summed E-state index contributed by atoms with van der Waals surface area (Å²) in [5.74, 6) is -0.0587. The Kier molecular flexibility index (Phi) is 5.59. The molecule has 0 saturated heterocycles. The first-order valence-corrected chi connectivity index (χ1v) is 9.55. The lowest BCUT2D eigenvalue weighted by Gasteiger charge is -2.11. The van der Waals surface area contributed by atoms with Gasteiger partial charge >= 0.3 is 0 Å². The number of aromatic nitrogens is 1. The minimum atomic E-state index is -0.0587. The van der Waals surface area contributed by atoms with Gasteiger partial charge < -0.3 is 14.8 Å². The van der Waals surface area contributed by atoms with Gasteiger partial charge in [-0.2, -0.15) is 0 Å². The van der Waals surface area contributed by atoms with E-state index >= 15 is 0 Å².